The number of aromatic nitrogens is 2. The molecule has 1 aromatic heterocycles. The average Bonchev–Trinajstić information content (AvgIpc) is 2.62. The highest BCUT2D eigenvalue weighted by molar-refractivity contribution is 5.98. The van der Waals surface area contributed by atoms with E-state index in [9.17, 15) is 5.11 Å². The van der Waals surface area contributed by atoms with E-state index in [-0.39, 0.29) is 0 Å². The van der Waals surface area contributed by atoms with Gasteiger partial charge >= 0.3 is 0 Å². The smallest absolute Gasteiger partial charge is 0.164 e. The Labute approximate surface area is 139 Å². The number of nitrogens with zero attached hydrogens (tertiary/aromatic N) is 3. The summed E-state index contributed by atoms with van der Waals surface area (Å²) in [6, 6.07) is 11.5. The number of hydrogen-bond donors (Lipinski definition) is 1. The molecule has 1 aliphatic heterocycles. The Bertz CT molecular complexity index is 899. The zero-order valence-corrected chi connectivity index (χ0v) is 13.4. The van der Waals surface area contributed by atoms with E-state index >= 15 is 0 Å². The number of methoxy groups -OCH3 is 2. The summed E-state index contributed by atoms with van der Waals surface area (Å²) >= 11 is 0. The summed E-state index contributed by atoms with van der Waals surface area (Å²) in [4.78, 5) is 10.6. The van der Waals surface area contributed by atoms with E-state index in [4.69, 9.17) is 9.47 Å². The highest BCUT2D eigenvalue weighted by atomic mass is 16.5. The molecular weight excluding hydrogens is 306 g/mol. The Morgan fingerprint density at radius 1 is 1.12 bits per heavy atom. The van der Waals surface area contributed by atoms with Gasteiger partial charge in [0.1, 0.15) is 18.4 Å². The van der Waals surface area contributed by atoms with Crippen molar-refractivity contribution in [1.82, 2.24) is 9.97 Å². The lowest BCUT2D eigenvalue weighted by molar-refractivity contribution is 0.177. The first-order valence-electron chi connectivity index (χ1n) is 7.65. The van der Waals surface area contributed by atoms with Crippen molar-refractivity contribution in [3.8, 4) is 11.5 Å². The molecule has 4 rings (SSSR count). The maximum Gasteiger partial charge on any atom is 0.164 e. The van der Waals surface area contributed by atoms with Crippen LogP contribution in [0.5, 0.6) is 11.5 Å². The van der Waals surface area contributed by atoms with Crippen LogP contribution in [0.1, 0.15) is 5.56 Å². The van der Waals surface area contributed by atoms with Crippen LogP contribution in [0.4, 0.5) is 11.5 Å². The van der Waals surface area contributed by atoms with Gasteiger partial charge in [-0.1, -0.05) is 18.2 Å². The van der Waals surface area contributed by atoms with Crippen molar-refractivity contribution in [2.45, 2.75) is 12.6 Å². The number of rotatable bonds is 3. The lowest BCUT2D eigenvalue weighted by Gasteiger charge is -2.35. The summed E-state index contributed by atoms with van der Waals surface area (Å²) in [6.07, 6.45) is 1.15. The van der Waals surface area contributed by atoms with Crippen LogP contribution in [0.15, 0.2) is 42.7 Å². The Balaban J connectivity index is 2.03. The molecule has 0 saturated heterocycles. The topological polar surface area (TPSA) is 67.7 Å². The van der Waals surface area contributed by atoms with Crippen LogP contribution < -0.4 is 14.4 Å². The largest absolute Gasteiger partial charge is 0.493 e. The van der Waals surface area contributed by atoms with Crippen molar-refractivity contribution in [3.63, 3.8) is 0 Å². The Morgan fingerprint density at radius 2 is 1.92 bits per heavy atom. The summed E-state index contributed by atoms with van der Waals surface area (Å²) in [7, 11) is 3.19. The maximum absolute atomic E-state index is 10.8. The fourth-order valence-electron chi connectivity index (χ4n) is 3.29. The highest BCUT2D eigenvalue weighted by Gasteiger charge is 2.32. The number of anilines is 2. The standard InChI is InChI=1S/C18H17N3O3/c1-23-14-9-13-16-12(17(14)24-2)8-15(22)21(18(16)20-10-19-13)11-6-4-3-5-7-11/h3-7,9-10,15,22H,8H2,1-2H3. The molecule has 0 fully saturated rings. The molecule has 0 bridgehead atoms. The van der Waals surface area contributed by atoms with Crippen LogP contribution in [0, 0.1) is 0 Å². The molecule has 0 amide bonds. The van der Waals surface area contributed by atoms with Gasteiger partial charge < -0.3 is 14.6 Å². The minimum absolute atomic E-state index is 0.395. The van der Waals surface area contributed by atoms with Gasteiger partial charge in [-0.15, -0.1) is 0 Å². The van der Waals surface area contributed by atoms with E-state index in [1.807, 2.05) is 41.3 Å². The number of aliphatic hydroxyl groups is 1. The summed E-state index contributed by atoms with van der Waals surface area (Å²) in [5, 5.41) is 11.7. The van der Waals surface area contributed by atoms with Gasteiger partial charge in [-0.05, 0) is 12.1 Å². The molecule has 3 aromatic rings. The highest BCUT2D eigenvalue weighted by Crippen LogP contribution is 2.45. The van der Waals surface area contributed by atoms with Crippen LogP contribution in [0.2, 0.25) is 0 Å². The molecule has 6 heteroatoms. The van der Waals surface area contributed by atoms with Crippen LogP contribution in [0.25, 0.3) is 10.9 Å². The van der Waals surface area contributed by atoms with Gasteiger partial charge in [0, 0.05) is 23.7 Å². The fraction of sp³-hybridized carbons (Fsp3) is 0.222. The number of ether oxygens (including phenoxy) is 2. The first-order valence-corrected chi connectivity index (χ1v) is 7.65. The minimum Gasteiger partial charge on any atom is -0.493 e. The Morgan fingerprint density at radius 3 is 2.62 bits per heavy atom. The number of aliphatic hydroxyl groups excluding tert-OH is 1. The molecule has 1 N–H and O–H groups in total. The Hall–Kier alpha value is -2.86. The molecule has 0 radical (unpaired) electrons. The fourth-order valence-corrected chi connectivity index (χ4v) is 3.29. The van der Waals surface area contributed by atoms with Gasteiger partial charge in [-0.25, -0.2) is 9.97 Å². The van der Waals surface area contributed by atoms with E-state index in [2.05, 4.69) is 9.97 Å². The summed E-state index contributed by atoms with van der Waals surface area (Å²) in [5.41, 5.74) is 2.51. The number of benzene rings is 2. The second-order valence-corrected chi connectivity index (χ2v) is 5.57. The molecule has 2 aromatic carbocycles. The van der Waals surface area contributed by atoms with E-state index in [1.54, 1.807) is 14.2 Å². The molecule has 0 aliphatic carbocycles. The van der Waals surface area contributed by atoms with Gasteiger partial charge in [0.15, 0.2) is 11.5 Å². The van der Waals surface area contributed by atoms with E-state index in [1.165, 1.54) is 6.33 Å². The molecule has 2 heterocycles. The summed E-state index contributed by atoms with van der Waals surface area (Å²) in [5.74, 6) is 1.89. The Kier molecular flexibility index (Phi) is 3.46. The van der Waals surface area contributed by atoms with Crippen LogP contribution in [-0.4, -0.2) is 35.5 Å². The molecule has 0 saturated carbocycles. The molecule has 24 heavy (non-hydrogen) atoms. The quantitative estimate of drug-likeness (QED) is 0.799. The van der Waals surface area contributed by atoms with E-state index in [0.717, 1.165) is 22.2 Å². The van der Waals surface area contributed by atoms with Crippen molar-refractivity contribution in [2.24, 2.45) is 0 Å². The average molecular weight is 323 g/mol. The zero-order chi connectivity index (χ0) is 16.7. The minimum atomic E-state index is -0.751. The zero-order valence-electron chi connectivity index (χ0n) is 13.4. The van der Waals surface area contributed by atoms with Gasteiger partial charge in [-0.2, -0.15) is 0 Å². The molecule has 122 valence electrons. The van der Waals surface area contributed by atoms with Gasteiger partial charge in [0.2, 0.25) is 0 Å². The molecule has 6 nitrogen and oxygen atoms in total. The van der Waals surface area contributed by atoms with Crippen molar-refractivity contribution < 1.29 is 14.6 Å². The van der Waals surface area contributed by atoms with E-state index < -0.39 is 6.23 Å². The number of para-hydroxylation sites is 1. The van der Waals surface area contributed by atoms with Crippen molar-refractivity contribution >= 4 is 22.4 Å². The molecule has 1 aliphatic rings. The van der Waals surface area contributed by atoms with Gasteiger partial charge in [0.25, 0.3) is 0 Å². The van der Waals surface area contributed by atoms with Crippen molar-refractivity contribution in [1.29, 1.82) is 0 Å². The third-order valence-electron chi connectivity index (χ3n) is 4.30. The van der Waals surface area contributed by atoms with Crippen LogP contribution in [0.3, 0.4) is 0 Å². The van der Waals surface area contributed by atoms with Crippen LogP contribution >= 0.6 is 0 Å². The second kappa shape index (κ2) is 5.65. The lowest BCUT2D eigenvalue weighted by Crippen LogP contribution is -2.36. The normalized spacial score (nSPS) is 16.3. The molecule has 0 spiro atoms. The SMILES string of the molecule is COc1cc2ncnc3c2c(c1OC)CC(O)N3c1ccccc1. The summed E-state index contributed by atoms with van der Waals surface area (Å²) in [6.45, 7) is 0. The summed E-state index contributed by atoms with van der Waals surface area (Å²) < 4.78 is 11.0. The molecular formula is C18H17N3O3. The van der Waals surface area contributed by atoms with E-state index in [0.29, 0.717) is 23.7 Å². The predicted octanol–water partition coefficient (Wildman–Crippen LogP) is 2.66. The predicted molar refractivity (Wildman–Crippen MR) is 90.9 cm³/mol. The van der Waals surface area contributed by atoms with Crippen LogP contribution in [-0.2, 0) is 6.42 Å². The van der Waals surface area contributed by atoms with Gasteiger partial charge in [0.05, 0.1) is 25.1 Å². The van der Waals surface area contributed by atoms with Crippen molar-refractivity contribution in [3.05, 3.63) is 48.3 Å². The maximum atomic E-state index is 10.8. The van der Waals surface area contributed by atoms with Gasteiger partial charge in [-0.3, -0.25) is 4.90 Å². The first-order chi connectivity index (χ1) is 11.7. The first kappa shape index (κ1) is 14.7. The molecule has 1 unspecified atom stereocenters. The van der Waals surface area contributed by atoms with Crippen molar-refractivity contribution in [2.75, 3.05) is 19.1 Å². The monoisotopic (exact) mass is 323 g/mol. The molecule has 1 atom stereocenters. The second-order valence-electron chi connectivity index (χ2n) is 5.57. The third-order valence-corrected chi connectivity index (χ3v) is 4.30. The third kappa shape index (κ3) is 2.07. The lowest BCUT2D eigenvalue weighted by atomic mass is 9.98. The number of hydrogen-bond acceptors (Lipinski definition) is 6.